The number of aromatic nitrogens is 4. The number of nitrogens with zero attached hydrogens (tertiary/aromatic N) is 4. The first kappa shape index (κ1) is 15.0. The molecule has 0 aliphatic rings. The summed E-state index contributed by atoms with van der Waals surface area (Å²) in [5, 5.41) is 21.8. The predicted octanol–water partition coefficient (Wildman–Crippen LogP) is 1.64. The van der Waals surface area contributed by atoms with Crippen molar-refractivity contribution in [1.29, 1.82) is 0 Å². The van der Waals surface area contributed by atoms with Gasteiger partial charge >= 0.3 is 0 Å². The summed E-state index contributed by atoms with van der Waals surface area (Å²) in [7, 11) is 1.46. The smallest absolute Gasteiger partial charge is 0.205 e. The number of ether oxygens (including phenoxy) is 1. The Bertz CT molecular complexity index is 570. The maximum atomic E-state index is 9.65. The van der Waals surface area contributed by atoms with Gasteiger partial charge in [0.2, 0.25) is 5.82 Å². The van der Waals surface area contributed by atoms with Crippen LogP contribution in [0.15, 0.2) is 12.1 Å². The molecule has 0 radical (unpaired) electrons. The van der Waals surface area contributed by atoms with E-state index >= 15 is 0 Å². The summed E-state index contributed by atoms with van der Waals surface area (Å²) in [6.07, 6.45) is 0. The molecule has 1 aromatic heterocycles. The molecule has 2 rings (SSSR count). The molecule has 0 saturated heterocycles. The van der Waals surface area contributed by atoms with Gasteiger partial charge in [-0.15, -0.1) is 22.6 Å². The first-order valence-corrected chi connectivity index (χ1v) is 5.49. The Morgan fingerprint density at radius 2 is 2.05 bits per heavy atom. The molecule has 0 amide bonds. The fourth-order valence-electron chi connectivity index (χ4n) is 1.47. The number of nitrogens with two attached hydrogens (primary N) is 1. The van der Waals surface area contributed by atoms with Crippen molar-refractivity contribution in [3.8, 4) is 22.9 Å². The van der Waals surface area contributed by atoms with Gasteiger partial charge in [-0.1, -0.05) is 0 Å². The molecule has 0 fully saturated rings. The Hall–Kier alpha value is -2.02. The van der Waals surface area contributed by atoms with Crippen molar-refractivity contribution in [3.63, 3.8) is 0 Å². The van der Waals surface area contributed by atoms with Crippen LogP contribution in [0.5, 0.6) is 11.5 Å². The van der Waals surface area contributed by atoms with Gasteiger partial charge in [0.05, 0.1) is 18.8 Å². The number of methoxy groups -OCH3 is 1. The highest BCUT2D eigenvalue weighted by atomic mass is 35.5. The summed E-state index contributed by atoms with van der Waals surface area (Å²) in [5.74, 6) is 0.636. The van der Waals surface area contributed by atoms with Crippen molar-refractivity contribution in [2.75, 3.05) is 12.8 Å². The molecule has 19 heavy (non-hydrogen) atoms. The second-order valence-corrected chi connectivity index (χ2v) is 4.14. The lowest BCUT2D eigenvalue weighted by molar-refractivity contribution is 0.375. The van der Waals surface area contributed by atoms with E-state index < -0.39 is 0 Å². The Balaban J connectivity index is 0.00000180. The van der Waals surface area contributed by atoms with Gasteiger partial charge in [0.25, 0.3) is 0 Å². The zero-order valence-electron chi connectivity index (χ0n) is 10.9. The van der Waals surface area contributed by atoms with Crippen LogP contribution in [0.4, 0.5) is 5.69 Å². The standard InChI is InChI=1S/C11H15N5O2.ClH/c1-6(2)16-14-11(13-15-16)7-4-8(12)10(17)9(5-7)18-3;/h4-6,17H,12H2,1-3H3;1H. The van der Waals surface area contributed by atoms with Crippen LogP contribution in [0, 0.1) is 0 Å². The van der Waals surface area contributed by atoms with Crippen LogP contribution in [-0.2, 0) is 0 Å². The summed E-state index contributed by atoms with van der Waals surface area (Å²) < 4.78 is 5.03. The first-order valence-electron chi connectivity index (χ1n) is 5.49. The Kier molecular flexibility index (Phi) is 4.55. The third kappa shape index (κ3) is 2.87. The fourth-order valence-corrected chi connectivity index (χ4v) is 1.47. The molecule has 0 aliphatic heterocycles. The molecule has 0 aliphatic carbocycles. The van der Waals surface area contributed by atoms with Crippen molar-refractivity contribution < 1.29 is 9.84 Å². The molecular formula is C11H16ClN5O2. The molecule has 0 bridgehead atoms. The van der Waals surface area contributed by atoms with Gasteiger partial charge in [-0.2, -0.15) is 4.80 Å². The summed E-state index contributed by atoms with van der Waals surface area (Å²) in [4.78, 5) is 1.50. The van der Waals surface area contributed by atoms with E-state index in [0.29, 0.717) is 11.4 Å². The van der Waals surface area contributed by atoms with Crippen molar-refractivity contribution >= 4 is 18.1 Å². The van der Waals surface area contributed by atoms with Crippen molar-refractivity contribution in [2.45, 2.75) is 19.9 Å². The van der Waals surface area contributed by atoms with Gasteiger partial charge in [-0.3, -0.25) is 0 Å². The van der Waals surface area contributed by atoms with Crippen LogP contribution in [0.3, 0.4) is 0 Å². The number of nitrogen functional groups attached to an aromatic ring is 1. The lowest BCUT2D eigenvalue weighted by Gasteiger charge is -2.07. The van der Waals surface area contributed by atoms with Gasteiger partial charge in [0, 0.05) is 5.56 Å². The third-order valence-electron chi connectivity index (χ3n) is 2.47. The number of phenolic OH excluding ortho intramolecular Hbond substituents is 1. The second-order valence-electron chi connectivity index (χ2n) is 4.14. The second kappa shape index (κ2) is 5.75. The quantitative estimate of drug-likeness (QED) is 0.657. The zero-order chi connectivity index (χ0) is 13.3. The maximum absolute atomic E-state index is 9.65. The minimum Gasteiger partial charge on any atom is -0.503 e. The lowest BCUT2D eigenvalue weighted by Crippen LogP contribution is -2.04. The molecular weight excluding hydrogens is 270 g/mol. The van der Waals surface area contributed by atoms with E-state index in [1.165, 1.54) is 11.9 Å². The van der Waals surface area contributed by atoms with Crippen LogP contribution >= 0.6 is 12.4 Å². The molecule has 3 N–H and O–H groups in total. The Morgan fingerprint density at radius 3 is 2.58 bits per heavy atom. The molecule has 0 saturated carbocycles. The highest BCUT2D eigenvalue weighted by molar-refractivity contribution is 5.85. The van der Waals surface area contributed by atoms with E-state index in [1.54, 1.807) is 12.1 Å². The summed E-state index contributed by atoms with van der Waals surface area (Å²) in [6.45, 7) is 3.91. The third-order valence-corrected chi connectivity index (χ3v) is 2.47. The van der Waals surface area contributed by atoms with E-state index in [1.807, 2.05) is 13.8 Å². The van der Waals surface area contributed by atoms with Crippen LogP contribution in [0.1, 0.15) is 19.9 Å². The molecule has 0 spiro atoms. The number of benzene rings is 1. The summed E-state index contributed by atoms with van der Waals surface area (Å²) in [5.41, 5.74) is 6.55. The highest BCUT2D eigenvalue weighted by Crippen LogP contribution is 2.35. The number of hydrogen-bond donors (Lipinski definition) is 2. The largest absolute Gasteiger partial charge is 0.503 e. The van der Waals surface area contributed by atoms with E-state index in [2.05, 4.69) is 15.4 Å². The van der Waals surface area contributed by atoms with E-state index in [9.17, 15) is 5.11 Å². The molecule has 0 atom stereocenters. The molecule has 7 nitrogen and oxygen atoms in total. The van der Waals surface area contributed by atoms with Gasteiger partial charge in [0.1, 0.15) is 0 Å². The van der Waals surface area contributed by atoms with Gasteiger partial charge in [0.15, 0.2) is 11.5 Å². The summed E-state index contributed by atoms with van der Waals surface area (Å²) in [6, 6.07) is 3.33. The molecule has 8 heteroatoms. The van der Waals surface area contributed by atoms with Gasteiger partial charge in [-0.05, 0) is 31.2 Å². The SMILES string of the molecule is COc1cc(-c2nnn(C(C)C)n2)cc(N)c1O.Cl. The number of anilines is 1. The van der Waals surface area contributed by atoms with Crippen molar-refractivity contribution in [2.24, 2.45) is 0 Å². The molecule has 1 heterocycles. The number of phenols is 1. The highest BCUT2D eigenvalue weighted by Gasteiger charge is 2.13. The normalized spacial score (nSPS) is 10.3. The topological polar surface area (TPSA) is 99.1 Å². The maximum Gasteiger partial charge on any atom is 0.205 e. The van der Waals surface area contributed by atoms with Gasteiger partial charge in [-0.25, -0.2) is 0 Å². The Morgan fingerprint density at radius 1 is 1.37 bits per heavy atom. The van der Waals surface area contributed by atoms with Gasteiger partial charge < -0.3 is 15.6 Å². The fraction of sp³-hybridized carbons (Fsp3) is 0.364. The average Bonchev–Trinajstić information content (AvgIpc) is 2.82. The first-order chi connectivity index (χ1) is 8.52. The van der Waals surface area contributed by atoms with Crippen molar-refractivity contribution in [3.05, 3.63) is 12.1 Å². The number of halogens is 1. The summed E-state index contributed by atoms with van der Waals surface area (Å²) >= 11 is 0. The number of aromatic hydroxyl groups is 1. The minimum atomic E-state index is -0.0856. The van der Waals surface area contributed by atoms with Crippen LogP contribution < -0.4 is 10.5 Å². The Labute approximate surface area is 116 Å². The number of rotatable bonds is 3. The van der Waals surface area contributed by atoms with Crippen LogP contribution in [0.2, 0.25) is 0 Å². The van der Waals surface area contributed by atoms with E-state index in [0.717, 1.165) is 0 Å². The predicted molar refractivity (Wildman–Crippen MR) is 73.5 cm³/mol. The van der Waals surface area contributed by atoms with Crippen LogP contribution in [-0.4, -0.2) is 32.4 Å². The van der Waals surface area contributed by atoms with Crippen LogP contribution in [0.25, 0.3) is 11.4 Å². The number of tetrazole rings is 1. The minimum absolute atomic E-state index is 0. The molecule has 1 aromatic carbocycles. The monoisotopic (exact) mass is 285 g/mol. The zero-order valence-corrected chi connectivity index (χ0v) is 11.7. The van der Waals surface area contributed by atoms with E-state index in [-0.39, 0.29) is 35.6 Å². The molecule has 0 unspecified atom stereocenters. The lowest BCUT2D eigenvalue weighted by atomic mass is 10.1. The van der Waals surface area contributed by atoms with E-state index in [4.69, 9.17) is 10.5 Å². The average molecular weight is 286 g/mol. The molecule has 104 valence electrons. The number of hydrogen-bond acceptors (Lipinski definition) is 6. The van der Waals surface area contributed by atoms with Crippen molar-refractivity contribution in [1.82, 2.24) is 20.2 Å². The molecule has 2 aromatic rings.